The Labute approximate surface area is 166 Å². The molecule has 1 aromatic carbocycles. The van der Waals surface area contributed by atoms with Crippen LogP contribution in [-0.4, -0.2) is 41.4 Å². The van der Waals surface area contributed by atoms with E-state index in [1.165, 1.54) is 6.92 Å². The van der Waals surface area contributed by atoms with Crippen LogP contribution in [0.2, 0.25) is 0 Å². The lowest BCUT2D eigenvalue weighted by molar-refractivity contribution is -0.134. The summed E-state index contributed by atoms with van der Waals surface area (Å²) in [4.78, 5) is 49.6. The van der Waals surface area contributed by atoms with Crippen molar-refractivity contribution in [1.29, 1.82) is 0 Å². The number of urea groups is 2. The van der Waals surface area contributed by atoms with Gasteiger partial charge in [-0.2, -0.15) is 0 Å². The Kier molecular flexibility index (Phi) is 5.81. The molecule has 0 radical (unpaired) electrons. The normalized spacial score (nSPS) is 22.4. The van der Waals surface area contributed by atoms with Crippen molar-refractivity contribution in [3.05, 3.63) is 35.4 Å². The molecule has 1 aromatic rings. The van der Waals surface area contributed by atoms with E-state index in [4.69, 9.17) is 0 Å². The summed E-state index contributed by atoms with van der Waals surface area (Å²) in [6.07, 6.45) is 4.75. The number of carbonyl (C=O) groups excluding carboxylic acids is 4. The van der Waals surface area contributed by atoms with E-state index in [1.54, 1.807) is 0 Å². The average Bonchev–Trinajstić information content (AvgIpc) is 2.88. The van der Waals surface area contributed by atoms with Crippen LogP contribution in [0.25, 0.3) is 0 Å². The third-order valence-corrected chi connectivity index (χ3v) is 5.24. The first kappa shape index (κ1) is 20.7. The fourth-order valence-electron chi connectivity index (χ4n) is 3.68. The number of hydrogen-bond acceptors (Lipinski definition) is 4. The molecule has 10 heteroatoms. The van der Waals surface area contributed by atoms with Crippen molar-refractivity contribution < 1.29 is 28.0 Å². The highest BCUT2D eigenvalue weighted by Crippen LogP contribution is 2.31. The smallest absolute Gasteiger partial charge is 0.325 e. The zero-order valence-corrected chi connectivity index (χ0v) is 15.9. The van der Waals surface area contributed by atoms with E-state index in [0.717, 1.165) is 50.3 Å². The zero-order valence-electron chi connectivity index (χ0n) is 15.9. The Bertz CT molecular complexity index is 857. The summed E-state index contributed by atoms with van der Waals surface area (Å²) >= 11 is 0. The maximum atomic E-state index is 14.1. The molecule has 0 aromatic heterocycles. The van der Waals surface area contributed by atoms with Crippen LogP contribution in [0.15, 0.2) is 18.2 Å². The highest BCUT2D eigenvalue weighted by Gasteiger charge is 2.51. The minimum absolute atomic E-state index is 0.0208. The number of carbonyl (C=O) groups is 4. The third-order valence-electron chi connectivity index (χ3n) is 5.24. The Morgan fingerprint density at radius 1 is 1.21 bits per heavy atom. The quantitative estimate of drug-likeness (QED) is 0.661. The van der Waals surface area contributed by atoms with Crippen LogP contribution in [0, 0.1) is 11.6 Å². The van der Waals surface area contributed by atoms with Crippen LogP contribution < -0.4 is 16.0 Å². The molecule has 1 aliphatic heterocycles. The van der Waals surface area contributed by atoms with E-state index < -0.39 is 47.6 Å². The average molecular weight is 408 g/mol. The van der Waals surface area contributed by atoms with Crippen LogP contribution in [0.3, 0.4) is 0 Å². The van der Waals surface area contributed by atoms with Crippen molar-refractivity contribution in [2.45, 2.75) is 50.6 Å². The van der Waals surface area contributed by atoms with Crippen LogP contribution in [0.4, 0.5) is 18.4 Å². The Hall–Kier alpha value is -3.04. The predicted molar refractivity (Wildman–Crippen MR) is 97.5 cm³/mol. The minimum Gasteiger partial charge on any atom is -0.335 e. The van der Waals surface area contributed by atoms with Gasteiger partial charge in [0.15, 0.2) is 0 Å². The molecule has 1 saturated heterocycles. The number of imide groups is 2. The summed E-state index contributed by atoms with van der Waals surface area (Å²) in [5.41, 5.74) is -2.22. The SMILES string of the molecule is C[C@@]1(c2cc(F)ccc2F)NC(=O)N(CC(=O)NC(=O)NC2CCCCC2)C1=O. The van der Waals surface area contributed by atoms with Crippen LogP contribution >= 0.6 is 0 Å². The summed E-state index contributed by atoms with van der Waals surface area (Å²) in [6, 6.07) is 0.888. The third kappa shape index (κ3) is 4.36. The van der Waals surface area contributed by atoms with Gasteiger partial charge in [0.05, 0.1) is 0 Å². The van der Waals surface area contributed by atoms with Gasteiger partial charge in [0.1, 0.15) is 23.7 Å². The number of rotatable bonds is 4. The summed E-state index contributed by atoms with van der Waals surface area (Å²) in [6.45, 7) is 0.494. The number of hydrogen-bond donors (Lipinski definition) is 3. The number of halogens is 2. The molecule has 1 saturated carbocycles. The van der Waals surface area contributed by atoms with Crippen molar-refractivity contribution in [2.24, 2.45) is 0 Å². The second-order valence-corrected chi connectivity index (χ2v) is 7.43. The molecule has 2 aliphatic rings. The van der Waals surface area contributed by atoms with Gasteiger partial charge >= 0.3 is 12.1 Å². The lowest BCUT2D eigenvalue weighted by atomic mass is 9.91. The van der Waals surface area contributed by atoms with Crippen molar-refractivity contribution in [3.8, 4) is 0 Å². The largest absolute Gasteiger partial charge is 0.335 e. The molecular formula is C19H22F2N4O4. The molecule has 1 aliphatic carbocycles. The van der Waals surface area contributed by atoms with Gasteiger partial charge in [0.2, 0.25) is 5.91 Å². The lowest BCUT2D eigenvalue weighted by Gasteiger charge is -2.23. The van der Waals surface area contributed by atoms with Gasteiger partial charge in [0, 0.05) is 11.6 Å². The van der Waals surface area contributed by atoms with Crippen molar-refractivity contribution in [2.75, 3.05) is 6.54 Å². The lowest BCUT2D eigenvalue weighted by Crippen LogP contribution is -2.49. The van der Waals surface area contributed by atoms with Gasteiger partial charge in [-0.05, 0) is 38.0 Å². The highest BCUT2D eigenvalue weighted by atomic mass is 19.1. The fraction of sp³-hybridized carbons (Fsp3) is 0.474. The van der Waals surface area contributed by atoms with Crippen molar-refractivity contribution >= 4 is 23.9 Å². The van der Waals surface area contributed by atoms with Crippen LogP contribution in [0.1, 0.15) is 44.6 Å². The Balaban J connectivity index is 1.64. The molecule has 29 heavy (non-hydrogen) atoms. The van der Waals surface area contributed by atoms with Crippen molar-refractivity contribution in [1.82, 2.24) is 20.9 Å². The molecule has 0 spiro atoms. The van der Waals surface area contributed by atoms with Gasteiger partial charge in [-0.1, -0.05) is 19.3 Å². The van der Waals surface area contributed by atoms with Crippen LogP contribution in [-0.2, 0) is 15.1 Å². The molecule has 6 amide bonds. The monoisotopic (exact) mass is 408 g/mol. The maximum absolute atomic E-state index is 14.1. The molecule has 0 unspecified atom stereocenters. The van der Waals surface area contributed by atoms with E-state index in [9.17, 15) is 28.0 Å². The first-order valence-electron chi connectivity index (χ1n) is 9.40. The van der Waals surface area contributed by atoms with Gasteiger partial charge < -0.3 is 10.6 Å². The Morgan fingerprint density at radius 3 is 2.59 bits per heavy atom. The summed E-state index contributed by atoms with van der Waals surface area (Å²) in [7, 11) is 0. The van der Waals surface area contributed by atoms with Gasteiger partial charge in [0.25, 0.3) is 5.91 Å². The fourth-order valence-corrected chi connectivity index (χ4v) is 3.68. The molecule has 1 atom stereocenters. The molecular weight excluding hydrogens is 386 g/mol. The van der Waals surface area contributed by atoms with Gasteiger partial charge in [-0.3, -0.25) is 19.8 Å². The topological polar surface area (TPSA) is 108 Å². The van der Waals surface area contributed by atoms with Crippen LogP contribution in [0.5, 0.6) is 0 Å². The number of nitrogens with zero attached hydrogens (tertiary/aromatic N) is 1. The van der Waals surface area contributed by atoms with Gasteiger partial charge in [-0.25, -0.2) is 18.4 Å². The molecule has 0 bridgehead atoms. The number of nitrogens with one attached hydrogen (secondary N) is 3. The second kappa shape index (κ2) is 8.14. The molecule has 156 valence electrons. The minimum atomic E-state index is -1.87. The van der Waals surface area contributed by atoms with E-state index in [2.05, 4.69) is 16.0 Å². The molecule has 1 heterocycles. The van der Waals surface area contributed by atoms with E-state index in [0.29, 0.717) is 4.90 Å². The predicted octanol–water partition coefficient (Wildman–Crippen LogP) is 1.89. The first-order chi connectivity index (χ1) is 13.7. The van der Waals surface area contributed by atoms with E-state index in [1.807, 2.05) is 0 Å². The molecule has 3 rings (SSSR count). The summed E-state index contributed by atoms with van der Waals surface area (Å²) in [5, 5.41) is 7.06. The van der Waals surface area contributed by atoms with Crippen molar-refractivity contribution in [3.63, 3.8) is 0 Å². The molecule has 2 fully saturated rings. The zero-order chi connectivity index (χ0) is 21.2. The standard InChI is InChI=1S/C19H22F2N4O4/c1-19(13-9-11(20)7-8-14(13)21)16(27)25(18(29)24-19)10-15(26)23-17(28)22-12-5-3-2-4-6-12/h7-9,12H,2-6,10H2,1H3,(H,24,29)(H2,22,23,26,28)/t19-/m0/s1. The maximum Gasteiger partial charge on any atom is 0.325 e. The summed E-state index contributed by atoms with van der Waals surface area (Å²) < 4.78 is 27.7. The summed E-state index contributed by atoms with van der Waals surface area (Å²) in [5.74, 6) is -3.44. The second-order valence-electron chi connectivity index (χ2n) is 7.43. The Morgan fingerprint density at radius 2 is 1.90 bits per heavy atom. The highest BCUT2D eigenvalue weighted by molar-refractivity contribution is 6.10. The molecule has 3 N–H and O–H groups in total. The molecule has 8 nitrogen and oxygen atoms in total. The van der Waals surface area contributed by atoms with Gasteiger partial charge in [-0.15, -0.1) is 0 Å². The van der Waals surface area contributed by atoms with E-state index in [-0.39, 0.29) is 11.6 Å². The number of amides is 6. The number of benzene rings is 1. The first-order valence-corrected chi connectivity index (χ1v) is 9.40. The van der Waals surface area contributed by atoms with E-state index >= 15 is 0 Å².